The van der Waals surface area contributed by atoms with Crippen LogP contribution in [0.15, 0.2) is 65.5 Å². The van der Waals surface area contributed by atoms with Crippen molar-refractivity contribution in [3.05, 3.63) is 81.5 Å². The number of fused-ring (bicyclic) bond motifs is 1. The van der Waals surface area contributed by atoms with Crippen LogP contribution in [0, 0.1) is 0 Å². The molecule has 180 valence electrons. The first-order valence-corrected chi connectivity index (χ1v) is 11.3. The molecule has 0 spiro atoms. The molecule has 0 aliphatic rings. The van der Waals surface area contributed by atoms with Crippen molar-refractivity contribution in [1.82, 2.24) is 4.57 Å². The number of amides is 1. The number of carbonyl (C=O) groups excluding carboxylic acids is 1. The highest BCUT2D eigenvalue weighted by molar-refractivity contribution is 6.33. The first-order valence-electron chi connectivity index (χ1n) is 11.0. The Morgan fingerprint density at radius 1 is 0.943 bits per heavy atom. The van der Waals surface area contributed by atoms with Gasteiger partial charge in [-0.1, -0.05) is 41.9 Å². The van der Waals surface area contributed by atoms with Crippen LogP contribution in [0.4, 0.5) is 5.82 Å². The first-order chi connectivity index (χ1) is 16.9. The summed E-state index contributed by atoms with van der Waals surface area (Å²) in [6, 6.07) is 17.5. The predicted octanol–water partition coefficient (Wildman–Crippen LogP) is 5.62. The van der Waals surface area contributed by atoms with Crippen molar-refractivity contribution >= 4 is 34.2 Å². The Kier molecular flexibility index (Phi) is 6.98. The molecule has 0 aliphatic heterocycles. The number of anilines is 1. The van der Waals surface area contributed by atoms with Crippen LogP contribution in [0.2, 0.25) is 5.02 Å². The van der Waals surface area contributed by atoms with Crippen molar-refractivity contribution in [2.45, 2.75) is 13.5 Å². The summed E-state index contributed by atoms with van der Waals surface area (Å²) in [6.45, 7) is 2.45. The van der Waals surface area contributed by atoms with Gasteiger partial charge in [0.25, 0.3) is 5.91 Å². The third-order valence-corrected chi connectivity index (χ3v) is 6.12. The van der Waals surface area contributed by atoms with Crippen LogP contribution in [0.5, 0.6) is 17.2 Å². The van der Waals surface area contributed by atoms with Gasteiger partial charge in [-0.3, -0.25) is 9.59 Å². The summed E-state index contributed by atoms with van der Waals surface area (Å²) in [4.78, 5) is 27.2. The quantitative estimate of drug-likeness (QED) is 0.362. The summed E-state index contributed by atoms with van der Waals surface area (Å²) in [5.41, 5.74) is 1.60. The highest BCUT2D eigenvalue weighted by Crippen LogP contribution is 2.39. The Morgan fingerprint density at radius 2 is 1.57 bits per heavy atom. The van der Waals surface area contributed by atoms with Gasteiger partial charge in [0.2, 0.25) is 5.75 Å². The lowest BCUT2D eigenvalue weighted by atomic mass is 10.0. The number of benzene rings is 3. The van der Waals surface area contributed by atoms with Crippen molar-refractivity contribution < 1.29 is 19.0 Å². The fourth-order valence-electron chi connectivity index (χ4n) is 4.16. The predicted molar refractivity (Wildman–Crippen MR) is 138 cm³/mol. The Hall–Kier alpha value is -3.97. The molecule has 0 saturated heterocycles. The molecule has 0 atom stereocenters. The number of pyridine rings is 1. The van der Waals surface area contributed by atoms with E-state index in [0.29, 0.717) is 56.7 Å². The van der Waals surface area contributed by atoms with E-state index < -0.39 is 5.91 Å². The van der Waals surface area contributed by atoms with Gasteiger partial charge >= 0.3 is 0 Å². The largest absolute Gasteiger partial charge is 0.493 e. The van der Waals surface area contributed by atoms with Crippen LogP contribution >= 0.6 is 11.6 Å². The van der Waals surface area contributed by atoms with E-state index in [9.17, 15) is 9.59 Å². The number of rotatable bonds is 7. The molecular weight excluding hydrogens is 468 g/mol. The highest BCUT2D eigenvalue weighted by Gasteiger charge is 2.23. The first kappa shape index (κ1) is 24.2. The van der Waals surface area contributed by atoms with Gasteiger partial charge in [0.1, 0.15) is 5.82 Å². The minimum absolute atomic E-state index is 0.224. The lowest BCUT2D eigenvalue weighted by Gasteiger charge is -2.21. The fourth-order valence-corrected chi connectivity index (χ4v) is 4.39. The van der Waals surface area contributed by atoms with Crippen LogP contribution < -0.4 is 25.0 Å². The third-order valence-electron chi connectivity index (χ3n) is 5.79. The number of methoxy groups -OCH3 is 3. The molecule has 1 heterocycles. The molecule has 8 heteroatoms. The summed E-state index contributed by atoms with van der Waals surface area (Å²) < 4.78 is 18.0. The molecule has 1 aromatic heterocycles. The molecule has 35 heavy (non-hydrogen) atoms. The third kappa shape index (κ3) is 4.31. The van der Waals surface area contributed by atoms with E-state index in [1.165, 1.54) is 21.3 Å². The summed E-state index contributed by atoms with van der Waals surface area (Å²) in [5.74, 6) is 0.960. The van der Waals surface area contributed by atoms with E-state index >= 15 is 0 Å². The normalized spacial score (nSPS) is 10.8. The molecule has 0 radical (unpaired) electrons. The second-order valence-corrected chi connectivity index (χ2v) is 8.07. The number of aryl methyl sites for hydroxylation is 1. The number of nitrogens with one attached hydrogen (secondary N) is 1. The molecule has 0 fully saturated rings. The van der Waals surface area contributed by atoms with Crippen LogP contribution in [0.3, 0.4) is 0 Å². The minimum atomic E-state index is -0.450. The molecular formula is C27H25ClN2O5. The minimum Gasteiger partial charge on any atom is -0.493 e. The lowest BCUT2D eigenvalue weighted by molar-refractivity contribution is 0.102. The van der Waals surface area contributed by atoms with Gasteiger partial charge in [-0.25, -0.2) is 0 Å². The molecule has 3 aromatic carbocycles. The van der Waals surface area contributed by atoms with Crippen LogP contribution in [-0.4, -0.2) is 31.8 Å². The summed E-state index contributed by atoms with van der Waals surface area (Å²) in [5, 5.41) is 3.90. The zero-order valence-corrected chi connectivity index (χ0v) is 20.6. The van der Waals surface area contributed by atoms with Gasteiger partial charge in [-0.2, -0.15) is 0 Å². The maximum atomic E-state index is 13.7. The van der Waals surface area contributed by atoms with Crippen molar-refractivity contribution in [1.29, 1.82) is 0 Å². The Balaban J connectivity index is 1.96. The van der Waals surface area contributed by atoms with E-state index in [-0.39, 0.29) is 11.0 Å². The second-order valence-electron chi connectivity index (χ2n) is 7.66. The summed E-state index contributed by atoms with van der Waals surface area (Å²) >= 11 is 6.51. The smallest absolute Gasteiger partial charge is 0.257 e. The number of carbonyl (C=O) groups is 1. The maximum Gasteiger partial charge on any atom is 0.257 e. The van der Waals surface area contributed by atoms with Gasteiger partial charge in [-0.05, 0) is 37.3 Å². The zero-order valence-electron chi connectivity index (χ0n) is 19.8. The van der Waals surface area contributed by atoms with Gasteiger partial charge in [0.15, 0.2) is 16.9 Å². The molecule has 1 amide bonds. The Morgan fingerprint density at radius 3 is 2.17 bits per heavy atom. The average Bonchev–Trinajstić information content (AvgIpc) is 2.89. The van der Waals surface area contributed by atoms with Crippen molar-refractivity contribution in [3.63, 3.8) is 0 Å². The number of aromatic nitrogens is 1. The molecule has 4 aromatic rings. The van der Waals surface area contributed by atoms with Crippen molar-refractivity contribution in [2.75, 3.05) is 26.6 Å². The number of hydrogen-bond acceptors (Lipinski definition) is 5. The topological polar surface area (TPSA) is 78.8 Å². The van der Waals surface area contributed by atoms with Crippen LogP contribution in [0.1, 0.15) is 17.3 Å². The lowest BCUT2D eigenvalue weighted by Crippen LogP contribution is -2.22. The van der Waals surface area contributed by atoms with E-state index in [0.717, 1.165) is 0 Å². The number of ether oxygens (including phenoxy) is 3. The van der Waals surface area contributed by atoms with Crippen molar-refractivity contribution in [2.24, 2.45) is 0 Å². The van der Waals surface area contributed by atoms with E-state index in [4.69, 9.17) is 25.8 Å². The maximum absolute atomic E-state index is 13.7. The fraction of sp³-hybridized carbons (Fsp3) is 0.185. The monoisotopic (exact) mass is 492 g/mol. The van der Waals surface area contributed by atoms with Gasteiger partial charge < -0.3 is 24.1 Å². The molecule has 4 rings (SSSR count). The van der Waals surface area contributed by atoms with E-state index in [1.807, 2.05) is 29.7 Å². The van der Waals surface area contributed by atoms with E-state index in [1.54, 1.807) is 42.5 Å². The summed E-state index contributed by atoms with van der Waals surface area (Å²) in [6.07, 6.45) is 0. The number of hydrogen-bond donors (Lipinski definition) is 1. The Labute approximate surface area is 207 Å². The number of halogens is 1. The second kappa shape index (κ2) is 10.1. The number of para-hydroxylation sites is 1. The molecule has 0 aliphatic carbocycles. The van der Waals surface area contributed by atoms with Crippen molar-refractivity contribution in [3.8, 4) is 28.4 Å². The van der Waals surface area contributed by atoms with Gasteiger partial charge in [0, 0.05) is 28.1 Å². The van der Waals surface area contributed by atoms with Crippen LogP contribution in [-0.2, 0) is 6.54 Å². The molecule has 0 saturated carbocycles. The molecule has 1 N–H and O–H groups in total. The zero-order chi connectivity index (χ0) is 25.1. The van der Waals surface area contributed by atoms with Crippen LogP contribution in [0.25, 0.3) is 22.0 Å². The molecule has 0 unspecified atom stereocenters. The van der Waals surface area contributed by atoms with E-state index in [2.05, 4.69) is 5.32 Å². The SMILES string of the molecule is CCn1c(NC(=O)c2cc(OC)c(OC)c(OC)c2)c(-c2ccccc2Cl)c(=O)c2ccccc21. The molecule has 7 nitrogen and oxygen atoms in total. The molecule has 0 bridgehead atoms. The number of nitrogens with zero attached hydrogens (tertiary/aromatic N) is 1. The summed E-state index contributed by atoms with van der Waals surface area (Å²) in [7, 11) is 4.45. The average molecular weight is 493 g/mol. The van der Waals surface area contributed by atoms with Gasteiger partial charge in [-0.15, -0.1) is 0 Å². The highest BCUT2D eigenvalue weighted by atomic mass is 35.5. The Bertz CT molecular complexity index is 1450. The standard InChI is InChI=1S/C27H25ClN2O5/c1-5-30-20-13-9-7-11-18(20)24(31)23(17-10-6-8-12-19(17)28)26(30)29-27(32)16-14-21(33-2)25(35-4)22(15-16)34-3/h6-15H,5H2,1-4H3,(H,29,32). The van der Waals surface area contributed by atoms with Gasteiger partial charge in [0.05, 0.1) is 32.4 Å².